The molecular formula is C27H14F9N3O3. The molecule has 6 nitrogen and oxygen atoms in total. The number of carboxylic acids is 1. The van der Waals surface area contributed by atoms with Crippen LogP contribution in [-0.4, -0.2) is 38.0 Å². The molecule has 3 heterocycles. The molecular weight excluding hydrogens is 585 g/mol. The van der Waals surface area contributed by atoms with Gasteiger partial charge in [0.2, 0.25) is 0 Å². The van der Waals surface area contributed by atoms with Crippen LogP contribution < -0.4 is 0 Å². The number of aromatic carboxylic acids is 1. The molecule has 6 aromatic rings. The summed E-state index contributed by atoms with van der Waals surface area (Å²) in [7, 11) is 0. The molecule has 0 saturated heterocycles. The van der Waals surface area contributed by atoms with E-state index in [0.717, 1.165) is 24.4 Å². The summed E-state index contributed by atoms with van der Waals surface area (Å²) < 4.78 is 113. The maximum Gasteiger partial charge on any atom is 0.454 e. The molecule has 0 aliphatic carbocycles. The Morgan fingerprint density at radius 3 is 1.52 bits per heavy atom. The minimum atomic E-state index is -5.06. The van der Waals surface area contributed by atoms with Gasteiger partial charge in [-0.25, -0.2) is 31.1 Å². The van der Waals surface area contributed by atoms with Crippen LogP contribution in [0.5, 0.6) is 0 Å². The van der Waals surface area contributed by atoms with Gasteiger partial charge in [0.25, 0.3) is 5.78 Å². The molecule has 0 aliphatic heterocycles. The van der Waals surface area contributed by atoms with Gasteiger partial charge in [0.1, 0.15) is 0 Å². The van der Waals surface area contributed by atoms with E-state index in [-0.39, 0.29) is 27.4 Å². The molecule has 6 rings (SSSR count). The molecule has 218 valence electrons. The molecule has 3 aromatic carbocycles. The highest BCUT2D eigenvalue weighted by Gasteiger charge is 2.40. The third-order valence-corrected chi connectivity index (χ3v) is 5.77. The minimum Gasteiger partial charge on any atom is -0.478 e. The van der Waals surface area contributed by atoms with E-state index in [9.17, 15) is 49.1 Å². The number of ketones is 1. The van der Waals surface area contributed by atoms with Gasteiger partial charge in [-0.2, -0.15) is 13.2 Å². The first-order valence-electron chi connectivity index (χ1n) is 11.4. The van der Waals surface area contributed by atoms with Crippen molar-refractivity contribution in [3.63, 3.8) is 0 Å². The number of alkyl halides is 3. The lowest BCUT2D eigenvalue weighted by atomic mass is 10.1. The number of rotatable bonds is 2. The van der Waals surface area contributed by atoms with Crippen LogP contribution in [-0.2, 0) is 0 Å². The second-order valence-electron chi connectivity index (χ2n) is 8.49. The Bertz CT molecular complexity index is 1920. The number of nitrogens with one attached hydrogen (secondary N) is 3. The van der Waals surface area contributed by atoms with Gasteiger partial charge in [-0.1, -0.05) is 0 Å². The van der Waals surface area contributed by atoms with Gasteiger partial charge in [-0.3, -0.25) is 4.79 Å². The van der Waals surface area contributed by atoms with E-state index in [1.54, 1.807) is 12.3 Å². The van der Waals surface area contributed by atoms with Crippen LogP contribution in [0.3, 0.4) is 0 Å². The lowest BCUT2D eigenvalue weighted by Gasteiger charge is -2.03. The largest absolute Gasteiger partial charge is 0.478 e. The van der Waals surface area contributed by atoms with Crippen molar-refractivity contribution in [3.8, 4) is 0 Å². The fourth-order valence-corrected chi connectivity index (χ4v) is 3.80. The van der Waals surface area contributed by atoms with Crippen molar-refractivity contribution in [2.45, 2.75) is 6.18 Å². The Morgan fingerprint density at radius 2 is 1.02 bits per heavy atom. The fraction of sp³-hybridized carbons (Fsp3) is 0.0370. The molecule has 0 aliphatic rings. The molecule has 4 N–H and O–H groups in total. The van der Waals surface area contributed by atoms with E-state index in [2.05, 4.69) is 15.0 Å². The van der Waals surface area contributed by atoms with Crippen LogP contribution in [0.4, 0.5) is 39.5 Å². The first-order chi connectivity index (χ1) is 19.7. The number of hydrogen-bond acceptors (Lipinski definition) is 2. The van der Waals surface area contributed by atoms with Crippen molar-refractivity contribution in [2.24, 2.45) is 0 Å². The minimum absolute atomic E-state index is 0.0705. The number of halogens is 9. The SMILES string of the molecule is Fc1cc2cc[nH]c2cc1F.O=C(O)c1c[nH]c2cc(F)c(F)cc12.O=C(c1c[nH]c2cc(F)c(F)cc12)C(F)(F)F. The van der Waals surface area contributed by atoms with Crippen LogP contribution in [0.15, 0.2) is 61.1 Å². The van der Waals surface area contributed by atoms with Gasteiger partial charge in [0.15, 0.2) is 34.9 Å². The van der Waals surface area contributed by atoms with Crippen LogP contribution in [0.1, 0.15) is 20.7 Å². The van der Waals surface area contributed by atoms with Gasteiger partial charge in [0, 0.05) is 69.5 Å². The second kappa shape index (κ2) is 11.3. The number of carbonyl (C=O) groups is 2. The number of fused-ring (bicyclic) bond motifs is 3. The highest BCUT2D eigenvalue weighted by molar-refractivity contribution is 6.10. The van der Waals surface area contributed by atoms with Crippen LogP contribution >= 0.6 is 0 Å². The Kier molecular flexibility index (Phi) is 8.04. The highest BCUT2D eigenvalue weighted by Crippen LogP contribution is 2.28. The van der Waals surface area contributed by atoms with Crippen molar-refractivity contribution in [1.82, 2.24) is 15.0 Å². The highest BCUT2D eigenvalue weighted by atomic mass is 19.4. The van der Waals surface area contributed by atoms with E-state index in [1.807, 2.05) is 0 Å². The number of carboxylic acid groups (broad SMARTS) is 1. The Labute approximate surface area is 227 Å². The zero-order valence-electron chi connectivity index (χ0n) is 20.4. The molecule has 0 bridgehead atoms. The van der Waals surface area contributed by atoms with Gasteiger partial charge in [-0.15, -0.1) is 0 Å². The van der Waals surface area contributed by atoms with Crippen molar-refractivity contribution in [1.29, 1.82) is 0 Å². The quantitative estimate of drug-likeness (QED) is 0.121. The number of H-pyrrole nitrogens is 3. The normalized spacial score (nSPS) is 11.3. The van der Waals surface area contributed by atoms with Crippen molar-refractivity contribution in [2.75, 3.05) is 0 Å². The number of Topliss-reactive ketones (excluding diaryl/α,β-unsaturated/α-hetero) is 1. The van der Waals surface area contributed by atoms with Crippen LogP contribution in [0.25, 0.3) is 32.7 Å². The third-order valence-electron chi connectivity index (χ3n) is 5.77. The molecule has 0 radical (unpaired) electrons. The third kappa shape index (κ3) is 6.09. The van der Waals surface area contributed by atoms with Crippen molar-refractivity contribution in [3.05, 3.63) is 107 Å². The first-order valence-corrected chi connectivity index (χ1v) is 11.4. The summed E-state index contributed by atoms with van der Waals surface area (Å²) in [4.78, 5) is 29.2. The van der Waals surface area contributed by atoms with Gasteiger partial charge in [0.05, 0.1) is 11.1 Å². The maximum atomic E-state index is 12.9. The zero-order chi connectivity index (χ0) is 30.9. The number of aromatic nitrogens is 3. The van der Waals surface area contributed by atoms with Crippen molar-refractivity contribution < 1.29 is 54.2 Å². The van der Waals surface area contributed by atoms with E-state index in [0.29, 0.717) is 23.0 Å². The van der Waals surface area contributed by atoms with Gasteiger partial charge < -0.3 is 20.1 Å². The predicted molar refractivity (Wildman–Crippen MR) is 132 cm³/mol. The number of benzene rings is 3. The van der Waals surface area contributed by atoms with E-state index in [1.165, 1.54) is 12.3 Å². The summed E-state index contributed by atoms with van der Waals surface area (Å²) in [6.45, 7) is 0. The molecule has 0 saturated carbocycles. The zero-order valence-corrected chi connectivity index (χ0v) is 20.4. The standard InChI is InChI=1S/C10H4F5NO.C9H5F2NO2.C8H5F2N/c11-6-1-4-5(9(17)10(13,14)15)3-16-8(4)2-7(6)12;10-6-1-4-5(9(13)14)3-12-8(4)2-7(6)11;9-6-3-5-1-2-11-8(5)4-7(6)10/h1-3,16H;1-3,12H,(H,13,14);1-4,11H. The topological polar surface area (TPSA) is 102 Å². The molecule has 0 unspecified atom stereocenters. The molecule has 0 atom stereocenters. The monoisotopic (exact) mass is 599 g/mol. The summed E-state index contributed by atoms with van der Waals surface area (Å²) in [6, 6.07) is 7.05. The van der Waals surface area contributed by atoms with Gasteiger partial charge >= 0.3 is 12.1 Å². The van der Waals surface area contributed by atoms with E-state index in [4.69, 9.17) is 5.11 Å². The van der Waals surface area contributed by atoms with Crippen LogP contribution in [0.2, 0.25) is 0 Å². The molecule has 0 spiro atoms. The summed E-state index contributed by atoms with van der Waals surface area (Å²) in [6.07, 6.45) is -1.44. The number of aromatic amines is 3. The predicted octanol–water partition coefficient (Wildman–Crippen LogP) is 7.78. The Hall–Kier alpha value is -5.21. The number of carbonyl (C=O) groups excluding carboxylic acids is 1. The Morgan fingerprint density at radius 1 is 0.595 bits per heavy atom. The van der Waals surface area contributed by atoms with E-state index >= 15 is 0 Å². The summed E-state index contributed by atoms with van der Waals surface area (Å²) in [5.74, 6) is -9.48. The smallest absolute Gasteiger partial charge is 0.454 e. The fourth-order valence-electron chi connectivity index (χ4n) is 3.80. The first kappa shape index (κ1) is 29.8. The molecule has 15 heteroatoms. The van der Waals surface area contributed by atoms with Gasteiger partial charge in [-0.05, 0) is 24.3 Å². The lowest BCUT2D eigenvalue weighted by molar-refractivity contribution is -0.0884. The Balaban J connectivity index is 0.000000148. The molecule has 42 heavy (non-hydrogen) atoms. The summed E-state index contributed by atoms with van der Waals surface area (Å²) in [5, 5.41) is 9.24. The second-order valence-corrected chi connectivity index (χ2v) is 8.49. The number of hydrogen-bond donors (Lipinski definition) is 4. The maximum absolute atomic E-state index is 12.9. The summed E-state index contributed by atoms with van der Waals surface area (Å²) >= 11 is 0. The summed E-state index contributed by atoms with van der Waals surface area (Å²) in [5.41, 5.74) is 0.00648. The average Bonchev–Trinajstić information content (AvgIpc) is 3.63. The molecule has 0 fully saturated rings. The molecule has 3 aromatic heterocycles. The molecule has 0 amide bonds. The van der Waals surface area contributed by atoms with E-state index < -0.39 is 58.4 Å². The lowest BCUT2D eigenvalue weighted by Crippen LogP contribution is -2.22. The van der Waals surface area contributed by atoms with Crippen LogP contribution in [0, 0.1) is 34.9 Å². The average molecular weight is 599 g/mol. The van der Waals surface area contributed by atoms with Crippen molar-refractivity contribution >= 4 is 44.5 Å².